The minimum Gasteiger partial charge on any atom is -0.488 e. The lowest BCUT2D eigenvalue weighted by Crippen LogP contribution is -2.27. The van der Waals surface area contributed by atoms with Crippen LogP contribution in [0.1, 0.15) is 109 Å². The van der Waals surface area contributed by atoms with E-state index in [0.29, 0.717) is 15.2 Å². The summed E-state index contributed by atoms with van der Waals surface area (Å²) in [5.74, 6) is 1.10. The average Bonchev–Trinajstić information content (AvgIpc) is 2.87. The Bertz CT molecular complexity index is 1220. The quantitative estimate of drug-likeness (QED) is 0.162. The lowest BCUT2D eigenvalue weighted by atomic mass is 9.76. The number of ether oxygens (including phenoxy) is 1. The highest BCUT2D eigenvalue weighted by molar-refractivity contribution is 7.48. The lowest BCUT2D eigenvalue weighted by molar-refractivity contribution is 0.290. The van der Waals surface area contributed by atoms with Crippen molar-refractivity contribution in [2.75, 3.05) is 14.1 Å². The van der Waals surface area contributed by atoms with Crippen LogP contribution in [0.4, 0.5) is 0 Å². The summed E-state index contributed by atoms with van der Waals surface area (Å²) in [7, 11) is 4.99. The molecule has 0 aliphatic heterocycles. The van der Waals surface area contributed by atoms with Crippen LogP contribution in [0, 0.1) is 0 Å². The summed E-state index contributed by atoms with van der Waals surface area (Å²) in [5, 5.41) is 1.44. The number of rotatable bonds is 12. The molecule has 0 amide bonds. The molecule has 0 aliphatic carbocycles. The fraction of sp³-hybridized carbons (Fsp3) is 0.514. The third kappa shape index (κ3) is 8.67. The van der Waals surface area contributed by atoms with Gasteiger partial charge in [-0.3, -0.25) is 0 Å². The Balaban J connectivity index is 2.26. The van der Waals surface area contributed by atoms with Gasteiger partial charge in [-0.25, -0.2) is 0 Å². The molecule has 0 fully saturated rings. The Labute approximate surface area is 247 Å². The van der Waals surface area contributed by atoms with Crippen LogP contribution in [0.25, 0.3) is 0 Å². The Morgan fingerprint density at radius 3 is 1.98 bits per heavy atom. The second-order valence-electron chi connectivity index (χ2n) is 14.0. The van der Waals surface area contributed by atoms with Crippen molar-refractivity contribution in [2.24, 2.45) is 0 Å². The average molecular weight is 560 g/mol. The molecule has 218 valence electrons. The van der Waals surface area contributed by atoms with E-state index in [-0.39, 0.29) is 16.0 Å². The van der Waals surface area contributed by atoms with Gasteiger partial charge in [0.25, 0.3) is 0 Å². The van der Waals surface area contributed by atoms with E-state index in [1.54, 1.807) is 0 Å². The van der Waals surface area contributed by atoms with E-state index in [4.69, 9.17) is 4.74 Å². The van der Waals surface area contributed by atoms with Crippen molar-refractivity contribution in [2.45, 2.75) is 110 Å². The van der Waals surface area contributed by atoms with Crippen molar-refractivity contribution in [1.29, 1.82) is 0 Å². The molecule has 0 heterocycles. The SMILES string of the molecule is CCCCCC(C)(Pc1ccccc1CN(C)C)c1cc(C(C)(C)C)cc(C(C)(C)C)c1OCc1ccccc1. The van der Waals surface area contributed by atoms with Crippen molar-refractivity contribution in [3.8, 4) is 5.75 Å². The van der Waals surface area contributed by atoms with Gasteiger partial charge in [-0.1, -0.05) is 150 Å². The predicted octanol–water partition coefficient (Wildman–Crippen LogP) is 9.72. The molecule has 3 aromatic carbocycles. The van der Waals surface area contributed by atoms with Crippen molar-refractivity contribution in [3.05, 3.63) is 94.5 Å². The first-order valence-electron chi connectivity index (χ1n) is 15.1. The van der Waals surface area contributed by atoms with Gasteiger partial charge in [0, 0.05) is 22.8 Å². The van der Waals surface area contributed by atoms with E-state index in [1.807, 2.05) is 0 Å². The van der Waals surface area contributed by atoms with E-state index in [1.165, 1.54) is 52.4 Å². The fourth-order valence-electron chi connectivity index (χ4n) is 5.33. The number of hydrogen-bond acceptors (Lipinski definition) is 2. The van der Waals surface area contributed by atoms with Crippen LogP contribution in [-0.4, -0.2) is 19.0 Å². The Morgan fingerprint density at radius 1 is 0.750 bits per heavy atom. The largest absolute Gasteiger partial charge is 0.488 e. The number of hydrogen-bond donors (Lipinski definition) is 0. The van der Waals surface area contributed by atoms with Gasteiger partial charge >= 0.3 is 0 Å². The zero-order valence-electron chi connectivity index (χ0n) is 26.9. The smallest absolute Gasteiger partial charge is 0.127 e. The Hall–Kier alpha value is -2.15. The van der Waals surface area contributed by atoms with Crippen LogP contribution in [0.15, 0.2) is 66.7 Å². The zero-order valence-corrected chi connectivity index (χ0v) is 27.9. The Kier molecular flexibility index (Phi) is 11.1. The molecule has 3 aromatic rings. The van der Waals surface area contributed by atoms with Gasteiger partial charge in [-0.2, -0.15) is 0 Å². The van der Waals surface area contributed by atoms with Crippen LogP contribution in [0.5, 0.6) is 5.75 Å². The summed E-state index contributed by atoms with van der Waals surface area (Å²) in [5.41, 5.74) is 6.74. The van der Waals surface area contributed by atoms with Gasteiger partial charge in [-0.05, 0) is 53.3 Å². The van der Waals surface area contributed by atoms with Gasteiger partial charge < -0.3 is 9.64 Å². The zero-order chi connectivity index (χ0) is 29.6. The Morgan fingerprint density at radius 2 is 1.38 bits per heavy atom. The first-order valence-corrected chi connectivity index (χ1v) is 16.1. The fourth-order valence-corrected chi connectivity index (χ4v) is 7.04. The maximum absolute atomic E-state index is 6.93. The number of unbranched alkanes of at least 4 members (excludes halogenated alkanes) is 2. The summed E-state index contributed by atoms with van der Waals surface area (Å²) in [6.07, 6.45) is 4.85. The summed E-state index contributed by atoms with van der Waals surface area (Å²) < 4.78 is 6.93. The van der Waals surface area contributed by atoms with Crippen LogP contribution in [0.3, 0.4) is 0 Å². The second kappa shape index (κ2) is 13.7. The van der Waals surface area contributed by atoms with E-state index in [2.05, 4.69) is 141 Å². The maximum Gasteiger partial charge on any atom is 0.127 e. The van der Waals surface area contributed by atoms with Crippen molar-refractivity contribution in [1.82, 2.24) is 4.90 Å². The van der Waals surface area contributed by atoms with Crippen molar-refractivity contribution in [3.63, 3.8) is 0 Å². The molecular formula is C37H54NOP. The molecule has 3 heteroatoms. The summed E-state index contributed by atoms with van der Waals surface area (Å²) >= 11 is 0. The van der Waals surface area contributed by atoms with Gasteiger partial charge in [0.1, 0.15) is 12.4 Å². The van der Waals surface area contributed by atoms with Crippen LogP contribution in [0.2, 0.25) is 0 Å². The molecule has 0 aromatic heterocycles. The number of benzene rings is 3. The second-order valence-corrected chi connectivity index (χ2v) is 15.9. The molecule has 0 aliphatic rings. The molecule has 40 heavy (non-hydrogen) atoms. The third-order valence-electron chi connectivity index (χ3n) is 7.78. The molecule has 0 radical (unpaired) electrons. The van der Waals surface area contributed by atoms with Crippen LogP contribution < -0.4 is 10.0 Å². The highest BCUT2D eigenvalue weighted by atomic mass is 31.1. The van der Waals surface area contributed by atoms with E-state index in [9.17, 15) is 0 Å². The van der Waals surface area contributed by atoms with Crippen LogP contribution >= 0.6 is 8.58 Å². The van der Waals surface area contributed by atoms with Crippen molar-refractivity contribution >= 4 is 13.9 Å². The first kappa shape index (κ1) is 32.4. The predicted molar refractivity (Wildman–Crippen MR) is 178 cm³/mol. The molecule has 0 spiro atoms. The third-order valence-corrected chi connectivity index (χ3v) is 9.61. The summed E-state index contributed by atoms with van der Waals surface area (Å²) in [6.45, 7) is 20.4. The minimum atomic E-state index is -0.0434. The van der Waals surface area contributed by atoms with E-state index >= 15 is 0 Å². The van der Waals surface area contributed by atoms with Gasteiger partial charge in [0.2, 0.25) is 0 Å². The van der Waals surface area contributed by atoms with Gasteiger partial charge in [-0.15, -0.1) is 0 Å². The summed E-state index contributed by atoms with van der Waals surface area (Å²) in [6, 6.07) is 24.6. The van der Waals surface area contributed by atoms with Gasteiger partial charge in [0.05, 0.1) is 0 Å². The van der Waals surface area contributed by atoms with E-state index < -0.39 is 0 Å². The molecule has 2 nitrogen and oxygen atoms in total. The standard InChI is InChI=1S/C37H54NOP/c1-11-12-18-23-37(8,40-33-22-17-16-21-29(33)26-38(9)10)32-25-30(35(2,3)4)24-31(36(5,6)7)34(32)39-27-28-19-14-13-15-20-28/h13-17,19-22,24-25,40H,11-12,18,23,26-27H2,1-10H3. The molecule has 2 unspecified atom stereocenters. The molecule has 2 atom stereocenters. The minimum absolute atomic E-state index is 0.0368. The monoisotopic (exact) mass is 559 g/mol. The lowest BCUT2D eigenvalue weighted by Gasteiger charge is -2.37. The first-order chi connectivity index (χ1) is 18.7. The van der Waals surface area contributed by atoms with Crippen molar-refractivity contribution < 1.29 is 4.74 Å². The van der Waals surface area contributed by atoms with Gasteiger partial charge in [0.15, 0.2) is 0 Å². The topological polar surface area (TPSA) is 12.5 Å². The molecule has 3 rings (SSSR count). The number of nitrogens with zero attached hydrogens (tertiary/aromatic N) is 1. The molecule has 0 bridgehead atoms. The molecule has 0 saturated carbocycles. The van der Waals surface area contributed by atoms with E-state index in [0.717, 1.165) is 18.7 Å². The summed E-state index contributed by atoms with van der Waals surface area (Å²) in [4.78, 5) is 2.28. The normalized spacial score (nSPS) is 14.2. The molecule has 0 N–H and O–H groups in total. The highest BCUT2D eigenvalue weighted by Gasteiger charge is 2.35. The molecule has 0 saturated heterocycles. The van der Waals surface area contributed by atoms with Crippen LogP contribution in [-0.2, 0) is 29.1 Å². The maximum atomic E-state index is 6.93. The molecular weight excluding hydrogens is 505 g/mol. The highest BCUT2D eigenvalue weighted by Crippen LogP contribution is 2.52.